The number of para-hydroxylation sites is 1. The van der Waals surface area contributed by atoms with Crippen molar-refractivity contribution in [2.45, 2.75) is 25.8 Å². The van der Waals surface area contributed by atoms with E-state index in [0.717, 1.165) is 16.7 Å². The fraction of sp³-hybridized carbons (Fsp3) is 0.269. The van der Waals surface area contributed by atoms with Crippen molar-refractivity contribution in [1.82, 2.24) is 5.32 Å². The van der Waals surface area contributed by atoms with E-state index in [1.165, 1.54) is 33.3 Å². The van der Waals surface area contributed by atoms with E-state index in [9.17, 15) is 19.1 Å². The first-order chi connectivity index (χ1) is 17.6. The number of aromatic hydroxyl groups is 1. The summed E-state index contributed by atoms with van der Waals surface area (Å²) in [6.07, 6.45) is 1.15. The Kier molecular flexibility index (Phi) is 9.04. The first-order valence-electron chi connectivity index (χ1n) is 11.3. The molecule has 1 aliphatic carbocycles. The van der Waals surface area contributed by atoms with Crippen LogP contribution in [0.25, 0.3) is 11.1 Å². The zero-order valence-corrected chi connectivity index (χ0v) is 21.8. The molecule has 37 heavy (non-hydrogen) atoms. The van der Waals surface area contributed by atoms with Crippen molar-refractivity contribution in [2.24, 2.45) is 0 Å². The second-order valence-electron chi connectivity index (χ2n) is 8.14. The standard InChI is InChI=1S/C20H24NO8P.C6H6O/c1-11(22)21-16-8-5-12-9-17(26-2)19(27-3)20(28-4)18(12)14-7-6-13(10-15(14)16)29-30(23,24)25;7-6-4-2-1-3-5-6/h6-7,9-10,16H,5,8H2,1-4H3,(H,21,22)(H2,23,24,25);1-5,7H/t16-;/m0./s1. The van der Waals surface area contributed by atoms with E-state index in [1.54, 1.807) is 37.4 Å². The average molecular weight is 531 g/mol. The van der Waals surface area contributed by atoms with Crippen molar-refractivity contribution >= 4 is 13.7 Å². The van der Waals surface area contributed by atoms with Gasteiger partial charge in [0.25, 0.3) is 0 Å². The van der Waals surface area contributed by atoms with E-state index in [4.69, 9.17) is 23.8 Å². The molecule has 0 aliphatic heterocycles. The third-order valence-electron chi connectivity index (χ3n) is 5.64. The Balaban J connectivity index is 0.000000468. The smallest absolute Gasteiger partial charge is 0.508 e. The van der Waals surface area contributed by atoms with Crippen LogP contribution in [-0.2, 0) is 15.8 Å². The Hall–Kier alpha value is -3.72. The highest BCUT2D eigenvalue weighted by Crippen LogP contribution is 2.51. The number of amides is 1. The molecule has 0 radical (unpaired) electrons. The van der Waals surface area contributed by atoms with Crippen LogP contribution in [-0.4, -0.2) is 42.1 Å². The number of nitrogens with one attached hydrogen (secondary N) is 1. The first-order valence-corrected chi connectivity index (χ1v) is 12.8. The molecule has 4 rings (SSSR count). The SMILES string of the molecule is COc1cc2c(c(OC)c1OC)-c1ccc(OP(=O)(O)O)cc1[C@@H](NC(C)=O)CC2.Oc1ccccc1. The van der Waals surface area contributed by atoms with Crippen molar-refractivity contribution in [3.05, 3.63) is 65.7 Å². The number of methoxy groups -OCH3 is 3. The van der Waals surface area contributed by atoms with Crippen LogP contribution in [0, 0.1) is 0 Å². The van der Waals surface area contributed by atoms with E-state index in [1.807, 2.05) is 12.1 Å². The number of fused-ring (bicyclic) bond motifs is 3. The van der Waals surface area contributed by atoms with Crippen molar-refractivity contribution in [3.8, 4) is 39.9 Å². The summed E-state index contributed by atoms with van der Waals surface area (Å²) >= 11 is 0. The van der Waals surface area contributed by atoms with Gasteiger partial charge in [-0.05, 0) is 59.9 Å². The second kappa shape index (κ2) is 12.0. The van der Waals surface area contributed by atoms with Crippen LogP contribution in [0.3, 0.4) is 0 Å². The predicted octanol–water partition coefficient (Wildman–Crippen LogP) is 4.37. The number of hydrogen-bond acceptors (Lipinski definition) is 7. The number of aryl methyl sites for hydroxylation is 1. The van der Waals surface area contributed by atoms with Crippen molar-refractivity contribution in [3.63, 3.8) is 0 Å². The van der Waals surface area contributed by atoms with Gasteiger partial charge in [0.1, 0.15) is 11.5 Å². The van der Waals surface area contributed by atoms with E-state index < -0.39 is 13.9 Å². The Morgan fingerprint density at radius 1 is 0.973 bits per heavy atom. The lowest BCUT2D eigenvalue weighted by molar-refractivity contribution is -0.119. The minimum atomic E-state index is -4.74. The maximum atomic E-state index is 11.8. The number of carbonyl (C=O) groups excluding carboxylic acids is 1. The largest absolute Gasteiger partial charge is 0.524 e. The molecule has 198 valence electrons. The lowest BCUT2D eigenvalue weighted by atomic mass is 9.93. The molecular formula is C26H30NO9P. The van der Waals surface area contributed by atoms with E-state index in [0.29, 0.717) is 41.4 Å². The topological polar surface area (TPSA) is 144 Å². The van der Waals surface area contributed by atoms with Gasteiger partial charge in [0.15, 0.2) is 11.5 Å². The maximum absolute atomic E-state index is 11.8. The van der Waals surface area contributed by atoms with Crippen LogP contribution in [0.2, 0.25) is 0 Å². The van der Waals surface area contributed by atoms with Gasteiger partial charge < -0.3 is 29.2 Å². The number of phenols is 1. The molecule has 3 aromatic rings. The number of phenolic OH excluding ortho intramolecular Hbond substituents is 1. The van der Waals surface area contributed by atoms with Gasteiger partial charge in [-0.15, -0.1) is 0 Å². The molecule has 0 fully saturated rings. The molecule has 0 unspecified atom stereocenters. The van der Waals surface area contributed by atoms with Crippen LogP contribution < -0.4 is 24.1 Å². The van der Waals surface area contributed by atoms with Crippen LogP contribution >= 0.6 is 7.82 Å². The molecule has 0 aromatic heterocycles. The summed E-state index contributed by atoms with van der Waals surface area (Å²) in [4.78, 5) is 30.2. The maximum Gasteiger partial charge on any atom is 0.524 e. The molecule has 0 bridgehead atoms. The number of carbonyl (C=O) groups is 1. The fourth-order valence-corrected chi connectivity index (χ4v) is 4.62. The molecule has 0 saturated heterocycles. The molecule has 1 aliphatic rings. The molecule has 10 nitrogen and oxygen atoms in total. The highest BCUT2D eigenvalue weighted by Gasteiger charge is 2.30. The molecular weight excluding hydrogens is 501 g/mol. The summed E-state index contributed by atoms with van der Waals surface area (Å²) in [5.74, 6) is 1.52. The van der Waals surface area contributed by atoms with Crippen molar-refractivity contribution in [1.29, 1.82) is 0 Å². The summed E-state index contributed by atoms with van der Waals surface area (Å²) in [5, 5.41) is 11.5. The Morgan fingerprint density at radius 2 is 1.65 bits per heavy atom. The molecule has 3 aromatic carbocycles. The van der Waals surface area contributed by atoms with Gasteiger partial charge in [-0.2, -0.15) is 0 Å². The minimum Gasteiger partial charge on any atom is -0.508 e. The quantitative estimate of drug-likeness (QED) is 0.341. The van der Waals surface area contributed by atoms with Gasteiger partial charge in [0.05, 0.1) is 27.4 Å². The highest BCUT2D eigenvalue weighted by molar-refractivity contribution is 7.46. The zero-order valence-electron chi connectivity index (χ0n) is 20.9. The number of benzene rings is 3. The fourth-order valence-electron chi connectivity index (χ4n) is 4.23. The number of ether oxygens (including phenoxy) is 3. The van der Waals surface area contributed by atoms with Gasteiger partial charge in [-0.1, -0.05) is 24.3 Å². The van der Waals surface area contributed by atoms with Gasteiger partial charge in [-0.3, -0.25) is 14.6 Å². The first kappa shape index (κ1) is 27.9. The number of rotatable bonds is 6. The number of hydrogen-bond donors (Lipinski definition) is 4. The molecule has 4 N–H and O–H groups in total. The van der Waals surface area contributed by atoms with E-state index in [2.05, 4.69) is 5.32 Å². The lowest BCUT2D eigenvalue weighted by Crippen LogP contribution is -2.26. The molecule has 0 saturated carbocycles. The van der Waals surface area contributed by atoms with E-state index in [-0.39, 0.29) is 11.7 Å². The van der Waals surface area contributed by atoms with Crippen LogP contribution in [0.15, 0.2) is 54.6 Å². The van der Waals surface area contributed by atoms with Gasteiger partial charge in [0.2, 0.25) is 11.7 Å². The van der Waals surface area contributed by atoms with E-state index >= 15 is 0 Å². The summed E-state index contributed by atoms with van der Waals surface area (Å²) in [7, 11) is -0.151. The summed E-state index contributed by atoms with van der Waals surface area (Å²) < 4.78 is 32.7. The third-order valence-corrected chi connectivity index (χ3v) is 6.09. The Bertz CT molecular complexity index is 1290. The van der Waals surface area contributed by atoms with Gasteiger partial charge >= 0.3 is 7.82 Å². The average Bonchev–Trinajstić information content (AvgIpc) is 2.99. The minimum absolute atomic E-state index is 0.000305. The monoisotopic (exact) mass is 531 g/mol. The number of phosphoric acid groups is 1. The van der Waals surface area contributed by atoms with Gasteiger partial charge in [0, 0.05) is 12.5 Å². The van der Waals surface area contributed by atoms with Crippen LogP contribution in [0.5, 0.6) is 28.7 Å². The Morgan fingerprint density at radius 3 is 2.16 bits per heavy atom. The number of phosphoric ester groups is 1. The van der Waals surface area contributed by atoms with Crippen molar-refractivity contribution in [2.75, 3.05) is 21.3 Å². The summed E-state index contributed by atoms with van der Waals surface area (Å²) in [5.41, 5.74) is 3.08. The highest BCUT2D eigenvalue weighted by atomic mass is 31.2. The van der Waals surface area contributed by atoms with Crippen LogP contribution in [0.1, 0.15) is 30.5 Å². The third kappa shape index (κ3) is 6.95. The van der Waals surface area contributed by atoms with Crippen molar-refractivity contribution < 1.29 is 43.0 Å². The molecule has 11 heteroatoms. The molecule has 0 heterocycles. The summed E-state index contributed by atoms with van der Waals surface area (Å²) in [6, 6.07) is 14.9. The van der Waals surface area contributed by atoms with Gasteiger partial charge in [-0.25, -0.2) is 4.57 Å². The molecule has 1 amide bonds. The second-order valence-corrected chi connectivity index (χ2v) is 9.30. The lowest BCUT2D eigenvalue weighted by Gasteiger charge is -2.21. The molecule has 1 atom stereocenters. The Labute approximate surface area is 215 Å². The molecule has 0 spiro atoms. The predicted molar refractivity (Wildman–Crippen MR) is 137 cm³/mol. The van der Waals surface area contributed by atoms with Crippen LogP contribution in [0.4, 0.5) is 0 Å². The zero-order chi connectivity index (χ0) is 27.2. The summed E-state index contributed by atoms with van der Waals surface area (Å²) in [6.45, 7) is 1.42. The normalized spacial score (nSPS) is 14.1.